The van der Waals surface area contributed by atoms with Crippen molar-refractivity contribution in [3.8, 4) is 11.5 Å². The van der Waals surface area contributed by atoms with E-state index in [9.17, 15) is 10.2 Å². The number of phenolic OH excluding ortho intramolecular Hbond substituents is 1. The van der Waals surface area contributed by atoms with Crippen LogP contribution in [0.2, 0.25) is 0 Å². The maximum atomic E-state index is 10.4. The number of thiophene rings is 1. The Balaban J connectivity index is 1.64. The van der Waals surface area contributed by atoms with Crippen LogP contribution in [-0.2, 0) is 13.1 Å². The van der Waals surface area contributed by atoms with Gasteiger partial charge in [-0.3, -0.25) is 9.80 Å². The highest BCUT2D eigenvalue weighted by molar-refractivity contribution is 7.07. The number of aromatic hydroxyl groups is 1. The fourth-order valence-electron chi connectivity index (χ4n) is 3.56. The molecule has 0 bridgehead atoms. The summed E-state index contributed by atoms with van der Waals surface area (Å²) in [4.78, 5) is 4.82. The van der Waals surface area contributed by atoms with E-state index in [0.29, 0.717) is 24.9 Å². The van der Waals surface area contributed by atoms with E-state index in [1.807, 2.05) is 19.1 Å². The number of phenols is 1. The zero-order chi connectivity index (χ0) is 18.4. The van der Waals surface area contributed by atoms with Crippen LogP contribution in [0.3, 0.4) is 0 Å². The molecule has 5 nitrogen and oxygen atoms in total. The first-order chi connectivity index (χ1) is 12.7. The van der Waals surface area contributed by atoms with Gasteiger partial charge in [-0.15, -0.1) is 0 Å². The molecule has 1 fully saturated rings. The molecule has 1 aliphatic heterocycles. The van der Waals surface area contributed by atoms with E-state index in [1.165, 1.54) is 5.56 Å². The molecule has 6 heteroatoms. The summed E-state index contributed by atoms with van der Waals surface area (Å²) in [5.41, 5.74) is 2.23. The second kappa shape index (κ2) is 9.37. The summed E-state index contributed by atoms with van der Waals surface area (Å²) in [7, 11) is 0. The molecular weight excluding hydrogens is 348 g/mol. The Bertz CT molecular complexity index is 678. The lowest BCUT2D eigenvalue weighted by Gasteiger charge is -2.41. The first-order valence-electron chi connectivity index (χ1n) is 9.23. The largest absolute Gasteiger partial charge is 0.504 e. The lowest BCUT2D eigenvalue weighted by molar-refractivity contribution is 0.0496. The van der Waals surface area contributed by atoms with Crippen LogP contribution < -0.4 is 4.74 Å². The number of rotatable bonds is 8. The molecule has 2 aromatic rings. The van der Waals surface area contributed by atoms with E-state index in [0.717, 1.165) is 38.2 Å². The average Bonchev–Trinajstić information content (AvgIpc) is 3.14. The van der Waals surface area contributed by atoms with Gasteiger partial charge in [-0.05, 0) is 41.8 Å². The Morgan fingerprint density at radius 3 is 2.85 bits per heavy atom. The number of nitrogens with zero attached hydrogens (tertiary/aromatic N) is 2. The van der Waals surface area contributed by atoms with E-state index in [4.69, 9.17) is 4.74 Å². The molecule has 0 spiro atoms. The molecule has 26 heavy (non-hydrogen) atoms. The Hall–Kier alpha value is -1.60. The fourth-order valence-corrected chi connectivity index (χ4v) is 4.22. The molecular formula is C20H28N2O3S. The summed E-state index contributed by atoms with van der Waals surface area (Å²) in [6.45, 7) is 7.09. The molecule has 142 valence electrons. The molecule has 1 aromatic heterocycles. The quantitative estimate of drug-likeness (QED) is 0.742. The number of piperazine rings is 1. The van der Waals surface area contributed by atoms with Crippen LogP contribution in [0.15, 0.2) is 35.0 Å². The van der Waals surface area contributed by atoms with Crippen LogP contribution in [0.5, 0.6) is 11.5 Å². The van der Waals surface area contributed by atoms with Crippen molar-refractivity contribution in [1.29, 1.82) is 0 Å². The molecule has 1 aromatic carbocycles. The first kappa shape index (κ1) is 19.2. The summed E-state index contributed by atoms with van der Waals surface area (Å²) in [6.07, 6.45) is 0.769. The van der Waals surface area contributed by atoms with Crippen LogP contribution >= 0.6 is 11.3 Å². The summed E-state index contributed by atoms with van der Waals surface area (Å²) < 4.78 is 5.49. The molecule has 0 saturated carbocycles. The third kappa shape index (κ3) is 4.76. The van der Waals surface area contributed by atoms with Crippen LogP contribution in [0, 0.1) is 0 Å². The van der Waals surface area contributed by atoms with Gasteiger partial charge in [0.15, 0.2) is 11.5 Å². The minimum atomic E-state index is 0.198. The number of benzene rings is 1. The second-order valence-corrected chi connectivity index (χ2v) is 7.48. The summed E-state index contributed by atoms with van der Waals surface area (Å²) in [6, 6.07) is 8.18. The lowest BCUT2D eigenvalue weighted by Crippen LogP contribution is -2.52. The van der Waals surface area contributed by atoms with E-state index in [2.05, 4.69) is 26.6 Å². The zero-order valence-corrected chi connectivity index (χ0v) is 16.1. The summed E-state index contributed by atoms with van der Waals surface area (Å²) in [5.74, 6) is 0.793. The number of ether oxygens (including phenoxy) is 1. The van der Waals surface area contributed by atoms with Gasteiger partial charge in [-0.2, -0.15) is 11.3 Å². The Kier molecular flexibility index (Phi) is 6.91. The normalized spacial score (nSPS) is 18.9. The number of aliphatic hydroxyl groups excluding tert-OH is 1. The van der Waals surface area contributed by atoms with Crippen molar-refractivity contribution >= 4 is 11.3 Å². The second-order valence-electron chi connectivity index (χ2n) is 6.70. The highest BCUT2D eigenvalue weighted by Crippen LogP contribution is 2.31. The first-order valence-corrected chi connectivity index (χ1v) is 10.2. The Morgan fingerprint density at radius 1 is 1.23 bits per heavy atom. The molecule has 0 amide bonds. The highest BCUT2D eigenvalue weighted by Gasteiger charge is 2.27. The standard InChI is InChI=1S/C20H28N2O3S/c1-2-25-19-5-3-4-17(20(19)24)13-21-8-9-22(18(14-21)6-10-23)12-16-7-11-26-15-16/h3-5,7,11,15,18,23-24H,2,6,8-10,12-14H2,1H3/t18-/m1/s1. The van der Waals surface area contributed by atoms with E-state index in [-0.39, 0.29) is 12.4 Å². The van der Waals surface area contributed by atoms with E-state index in [1.54, 1.807) is 17.4 Å². The predicted molar refractivity (Wildman–Crippen MR) is 105 cm³/mol. The fraction of sp³-hybridized carbons (Fsp3) is 0.500. The van der Waals surface area contributed by atoms with Crippen molar-refractivity contribution in [1.82, 2.24) is 9.80 Å². The van der Waals surface area contributed by atoms with Crippen molar-refractivity contribution in [3.05, 3.63) is 46.2 Å². The van der Waals surface area contributed by atoms with E-state index >= 15 is 0 Å². The highest BCUT2D eigenvalue weighted by atomic mass is 32.1. The number of hydrogen-bond donors (Lipinski definition) is 2. The van der Waals surface area contributed by atoms with Gasteiger partial charge >= 0.3 is 0 Å². The molecule has 1 aliphatic rings. The van der Waals surface area contributed by atoms with Gasteiger partial charge in [-0.25, -0.2) is 0 Å². The summed E-state index contributed by atoms with van der Waals surface area (Å²) >= 11 is 1.73. The monoisotopic (exact) mass is 376 g/mol. The molecule has 2 N–H and O–H groups in total. The SMILES string of the molecule is CCOc1cccc(CN2CCN(Cc3ccsc3)[C@H](CCO)C2)c1O. The van der Waals surface area contributed by atoms with Gasteiger partial charge in [0.05, 0.1) is 6.61 Å². The number of hydrogen-bond acceptors (Lipinski definition) is 6. The smallest absolute Gasteiger partial charge is 0.162 e. The third-order valence-electron chi connectivity index (χ3n) is 4.89. The lowest BCUT2D eigenvalue weighted by atomic mass is 10.1. The van der Waals surface area contributed by atoms with Gasteiger partial charge in [0, 0.05) is 50.9 Å². The predicted octanol–water partition coefficient (Wildman–Crippen LogP) is 2.92. The van der Waals surface area contributed by atoms with Crippen molar-refractivity contribution in [2.45, 2.75) is 32.5 Å². The van der Waals surface area contributed by atoms with Crippen LogP contribution in [0.1, 0.15) is 24.5 Å². The minimum Gasteiger partial charge on any atom is -0.504 e. The topological polar surface area (TPSA) is 56.2 Å². The number of aliphatic hydroxyl groups is 1. The minimum absolute atomic E-state index is 0.198. The molecule has 0 aliphatic carbocycles. The van der Waals surface area contributed by atoms with Crippen molar-refractivity contribution in [2.24, 2.45) is 0 Å². The zero-order valence-electron chi connectivity index (χ0n) is 15.3. The molecule has 0 radical (unpaired) electrons. The Morgan fingerprint density at radius 2 is 2.12 bits per heavy atom. The molecule has 1 atom stereocenters. The number of para-hydroxylation sites is 1. The maximum absolute atomic E-state index is 10.4. The van der Waals surface area contributed by atoms with Gasteiger partial charge in [0.25, 0.3) is 0 Å². The Labute approximate surface area is 159 Å². The van der Waals surface area contributed by atoms with Crippen molar-refractivity contribution < 1.29 is 14.9 Å². The van der Waals surface area contributed by atoms with Crippen LogP contribution in [0.4, 0.5) is 0 Å². The van der Waals surface area contributed by atoms with Crippen LogP contribution in [0.25, 0.3) is 0 Å². The molecule has 0 unspecified atom stereocenters. The van der Waals surface area contributed by atoms with Gasteiger partial charge in [-0.1, -0.05) is 12.1 Å². The molecule has 3 rings (SSSR count). The van der Waals surface area contributed by atoms with Gasteiger partial charge < -0.3 is 14.9 Å². The summed E-state index contributed by atoms with van der Waals surface area (Å²) in [5, 5.41) is 24.2. The van der Waals surface area contributed by atoms with Gasteiger partial charge in [0.1, 0.15) is 0 Å². The molecule has 2 heterocycles. The van der Waals surface area contributed by atoms with E-state index < -0.39 is 0 Å². The van der Waals surface area contributed by atoms with Crippen LogP contribution in [-0.4, -0.2) is 58.9 Å². The van der Waals surface area contributed by atoms with Crippen molar-refractivity contribution in [2.75, 3.05) is 32.8 Å². The van der Waals surface area contributed by atoms with Crippen molar-refractivity contribution in [3.63, 3.8) is 0 Å². The molecule has 1 saturated heterocycles. The van der Waals surface area contributed by atoms with Gasteiger partial charge in [0.2, 0.25) is 0 Å². The third-order valence-corrected chi connectivity index (χ3v) is 5.63. The maximum Gasteiger partial charge on any atom is 0.162 e. The average molecular weight is 377 g/mol.